The highest BCUT2D eigenvalue weighted by Gasteiger charge is 2.32. The fourth-order valence-electron chi connectivity index (χ4n) is 3.07. The van der Waals surface area contributed by atoms with Gasteiger partial charge in [0.15, 0.2) is 0 Å². The van der Waals surface area contributed by atoms with Gasteiger partial charge in [0.1, 0.15) is 17.7 Å². The maximum absolute atomic E-state index is 12.6. The zero-order valence-electron chi connectivity index (χ0n) is 13.4. The molecule has 2 atom stereocenters. The predicted molar refractivity (Wildman–Crippen MR) is 90.7 cm³/mol. The molecule has 2 amide bonds. The van der Waals surface area contributed by atoms with Gasteiger partial charge in [0.25, 0.3) is 5.91 Å². The molecule has 0 spiro atoms. The van der Waals surface area contributed by atoms with Crippen LogP contribution in [0.15, 0.2) is 24.1 Å². The van der Waals surface area contributed by atoms with Gasteiger partial charge in [0.05, 0.1) is 18.2 Å². The third kappa shape index (κ3) is 3.46. The van der Waals surface area contributed by atoms with Crippen LogP contribution in [0.5, 0.6) is 0 Å². The second kappa shape index (κ2) is 7.10. The molecule has 0 bridgehead atoms. The SMILES string of the molecule is CC(C(=O)Nc1sccc1C(N)=O)N1CCCC1Cn1cncn1. The molecule has 1 aliphatic heterocycles. The normalized spacial score (nSPS) is 19.3. The number of likely N-dealkylation sites (tertiary alicyclic amines) is 1. The van der Waals surface area contributed by atoms with Crippen molar-refractivity contribution in [1.82, 2.24) is 19.7 Å². The summed E-state index contributed by atoms with van der Waals surface area (Å²) in [6.07, 6.45) is 5.26. The van der Waals surface area contributed by atoms with Gasteiger partial charge in [-0.2, -0.15) is 5.10 Å². The lowest BCUT2D eigenvalue weighted by Crippen LogP contribution is -2.46. The molecule has 1 saturated heterocycles. The van der Waals surface area contributed by atoms with E-state index in [2.05, 4.69) is 20.3 Å². The monoisotopic (exact) mass is 348 g/mol. The van der Waals surface area contributed by atoms with Gasteiger partial charge < -0.3 is 11.1 Å². The van der Waals surface area contributed by atoms with E-state index in [0.29, 0.717) is 17.1 Å². The summed E-state index contributed by atoms with van der Waals surface area (Å²) in [5.74, 6) is -0.671. The second-order valence-electron chi connectivity index (χ2n) is 5.84. The summed E-state index contributed by atoms with van der Waals surface area (Å²) in [5.41, 5.74) is 5.67. The Bertz CT molecular complexity index is 713. The maximum Gasteiger partial charge on any atom is 0.251 e. The highest BCUT2D eigenvalue weighted by Crippen LogP contribution is 2.25. The van der Waals surface area contributed by atoms with Crippen molar-refractivity contribution in [2.45, 2.75) is 38.4 Å². The number of amides is 2. The Morgan fingerprint density at radius 1 is 1.54 bits per heavy atom. The van der Waals surface area contributed by atoms with Crippen LogP contribution in [-0.4, -0.2) is 50.1 Å². The van der Waals surface area contributed by atoms with Gasteiger partial charge in [0, 0.05) is 6.04 Å². The minimum atomic E-state index is -0.538. The van der Waals surface area contributed by atoms with Crippen molar-refractivity contribution in [3.63, 3.8) is 0 Å². The van der Waals surface area contributed by atoms with E-state index in [1.807, 2.05) is 6.92 Å². The van der Waals surface area contributed by atoms with Crippen LogP contribution >= 0.6 is 11.3 Å². The number of primary amides is 1. The van der Waals surface area contributed by atoms with Crippen molar-refractivity contribution in [2.24, 2.45) is 5.73 Å². The lowest BCUT2D eigenvalue weighted by atomic mass is 10.2. The van der Waals surface area contributed by atoms with E-state index in [-0.39, 0.29) is 18.0 Å². The molecule has 0 aromatic carbocycles. The standard InChI is InChI=1S/C15H20N6O2S/c1-10(14(23)19-15-12(13(16)22)4-6-24-15)21-5-2-3-11(21)7-20-9-17-8-18-20/h4,6,8-11H,2-3,5,7H2,1H3,(H2,16,22)(H,19,23). The van der Waals surface area contributed by atoms with Gasteiger partial charge in [-0.25, -0.2) is 4.98 Å². The number of nitrogens with one attached hydrogen (secondary N) is 1. The number of hydrogen-bond acceptors (Lipinski definition) is 6. The molecule has 0 aliphatic carbocycles. The Kier molecular flexibility index (Phi) is 4.91. The van der Waals surface area contributed by atoms with E-state index in [1.54, 1.807) is 22.5 Å². The van der Waals surface area contributed by atoms with Crippen LogP contribution in [0, 0.1) is 0 Å². The second-order valence-corrected chi connectivity index (χ2v) is 6.76. The molecule has 2 unspecified atom stereocenters. The van der Waals surface area contributed by atoms with Crippen LogP contribution in [0.3, 0.4) is 0 Å². The van der Waals surface area contributed by atoms with Crippen molar-refractivity contribution in [1.29, 1.82) is 0 Å². The molecule has 9 heteroatoms. The molecule has 3 heterocycles. The highest BCUT2D eigenvalue weighted by atomic mass is 32.1. The van der Waals surface area contributed by atoms with Gasteiger partial charge in [-0.3, -0.25) is 19.2 Å². The summed E-state index contributed by atoms with van der Waals surface area (Å²) < 4.78 is 1.79. The van der Waals surface area contributed by atoms with Crippen LogP contribution in [0.2, 0.25) is 0 Å². The maximum atomic E-state index is 12.6. The lowest BCUT2D eigenvalue weighted by molar-refractivity contribution is -0.121. The quantitative estimate of drug-likeness (QED) is 0.808. The van der Waals surface area contributed by atoms with E-state index < -0.39 is 5.91 Å². The molecule has 128 valence electrons. The molecule has 0 saturated carbocycles. The van der Waals surface area contributed by atoms with Gasteiger partial charge in [0.2, 0.25) is 5.91 Å². The first-order valence-electron chi connectivity index (χ1n) is 7.82. The molecule has 1 aliphatic rings. The Balaban J connectivity index is 1.66. The molecular weight excluding hydrogens is 328 g/mol. The van der Waals surface area contributed by atoms with Gasteiger partial charge in [-0.05, 0) is 37.8 Å². The minimum absolute atomic E-state index is 0.134. The molecule has 8 nitrogen and oxygen atoms in total. The van der Waals surface area contributed by atoms with Crippen LogP contribution in [0.25, 0.3) is 0 Å². The van der Waals surface area contributed by atoms with E-state index >= 15 is 0 Å². The fraction of sp³-hybridized carbons (Fsp3) is 0.467. The third-order valence-electron chi connectivity index (χ3n) is 4.33. The minimum Gasteiger partial charge on any atom is -0.366 e. The summed E-state index contributed by atoms with van der Waals surface area (Å²) in [4.78, 5) is 30.1. The Morgan fingerprint density at radius 2 is 2.38 bits per heavy atom. The molecular formula is C15H20N6O2S. The fourth-order valence-corrected chi connectivity index (χ4v) is 3.87. The summed E-state index contributed by atoms with van der Waals surface area (Å²) in [5, 5.41) is 9.21. The molecule has 3 rings (SSSR count). The summed E-state index contributed by atoms with van der Waals surface area (Å²) in [6.45, 7) is 3.46. The van der Waals surface area contributed by atoms with Gasteiger partial charge in [-0.15, -0.1) is 11.3 Å². The Morgan fingerprint density at radius 3 is 3.08 bits per heavy atom. The number of rotatable bonds is 6. The van der Waals surface area contributed by atoms with Crippen LogP contribution in [0.1, 0.15) is 30.1 Å². The van der Waals surface area contributed by atoms with Gasteiger partial charge >= 0.3 is 0 Å². The van der Waals surface area contributed by atoms with E-state index in [9.17, 15) is 9.59 Å². The number of anilines is 1. The molecule has 0 radical (unpaired) electrons. The Hall–Kier alpha value is -2.26. The highest BCUT2D eigenvalue weighted by molar-refractivity contribution is 7.14. The number of carbonyl (C=O) groups is 2. The van der Waals surface area contributed by atoms with E-state index in [0.717, 1.165) is 19.4 Å². The van der Waals surface area contributed by atoms with E-state index in [4.69, 9.17) is 5.73 Å². The molecule has 2 aromatic heterocycles. The number of aromatic nitrogens is 3. The lowest BCUT2D eigenvalue weighted by Gasteiger charge is -2.29. The molecule has 1 fully saturated rings. The topological polar surface area (TPSA) is 106 Å². The van der Waals surface area contributed by atoms with Crippen molar-refractivity contribution in [3.05, 3.63) is 29.7 Å². The van der Waals surface area contributed by atoms with Crippen LogP contribution < -0.4 is 11.1 Å². The first-order valence-corrected chi connectivity index (χ1v) is 8.70. The number of hydrogen-bond donors (Lipinski definition) is 2. The largest absolute Gasteiger partial charge is 0.366 e. The van der Waals surface area contributed by atoms with Crippen LogP contribution in [0.4, 0.5) is 5.00 Å². The number of thiophene rings is 1. The first-order chi connectivity index (χ1) is 11.6. The number of nitrogens with two attached hydrogens (primary N) is 1. The molecule has 2 aromatic rings. The van der Waals surface area contributed by atoms with Crippen molar-refractivity contribution in [3.8, 4) is 0 Å². The summed E-state index contributed by atoms with van der Waals surface area (Å²) >= 11 is 1.30. The summed E-state index contributed by atoms with van der Waals surface area (Å²) in [7, 11) is 0. The van der Waals surface area contributed by atoms with Crippen molar-refractivity contribution >= 4 is 28.2 Å². The molecule has 3 N–H and O–H groups in total. The van der Waals surface area contributed by atoms with Gasteiger partial charge in [-0.1, -0.05) is 0 Å². The third-order valence-corrected chi connectivity index (χ3v) is 5.16. The first kappa shape index (κ1) is 16.6. The zero-order chi connectivity index (χ0) is 17.1. The van der Waals surface area contributed by atoms with E-state index in [1.165, 1.54) is 17.7 Å². The number of carbonyl (C=O) groups excluding carboxylic acids is 2. The summed E-state index contributed by atoms with van der Waals surface area (Å²) in [6, 6.07) is 1.56. The zero-order valence-corrected chi connectivity index (χ0v) is 14.2. The smallest absolute Gasteiger partial charge is 0.251 e. The average Bonchev–Trinajstić information content (AvgIpc) is 3.28. The van der Waals surface area contributed by atoms with Crippen LogP contribution in [-0.2, 0) is 11.3 Å². The predicted octanol–water partition coefficient (Wildman–Crippen LogP) is 0.930. The number of nitrogens with zero attached hydrogens (tertiary/aromatic N) is 4. The average molecular weight is 348 g/mol. The van der Waals surface area contributed by atoms with Crippen molar-refractivity contribution < 1.29 is 9.59 Å². The Labute approximate surface area is 143 Å². The van der Waals surface area contributed by atoms with Crippen molar-refractivity contribution in [2.75, 3.05) is 11.9 Å². The molecule has 24 heavy (non-hydrogen) atoms.